The third kappa shape index (κ3) is 3.77. The molecule has 5 rings (SSSR count). The van der Waals surface area contributed by atoms with Gasteiger partial charge in [0.2, 0.25) is 5.60 Å². The fraction of sp³-hybridized carbons (Fsp3) is 0.154. The molecule has 33 heavy (non-hydrogen) atoms. The summed E-state index contributed by atoms with van der Waals surface area (Å²) < 4.78 is 0. The second kappa shape index (κ2) is 8.01. The summed E-state index contributed by atoms with van der Waals surface area (Å²) in [5.41, 5.74) is 8.39. The number of anilines is 1. The maximum atomic E-state index is 12.2. The first kappa shape index (κ1) is 20.6. The SMILES string of the molecule is CN1CC[C@@](O)(C#Cc2cccc(-c3ncc4c(-c5ccccc5)cnc(N)c4n3)c2)C1=O. The minimum atomic E-state index is -1.64. The number of benzene rings is 2. The van der Waals surface area contributed by atoms with E-state index in [1.807, 2.05) is 54.6 Å². The second-order valence-corrected chi connectivity index (χ2v) is 8.05. The molecule has 1 amide bonds. The number of likely N-dealkylation sites (N-methyl/N-ethyl adjacent to an activating group) is 1. The van der Waals surface area contributed by atoms with Gasteiger partial charge in [-0.1, -0.05) is 54.3 Å². The monoisotopic (exact) mass is 435 g/mol. The molecule has 1 fully saturated rings. The number of fused-ring (bicyclic) bond motifs is 1. The Bertz CT molecular complexity index is 1440. The first-order valence-electron chi connectivity index (χ1n) is 10.5. The zero-order valence-electron chi connectivity index (χ0n) is 18.0. The number of nitrogens with two attached hydrogens (primary N) is 1. The highest BCUT2D eigenvalue weighted by Gasteiger charge is 2.42. The van der Waals surface area contributed by atoms with Crippen molar-refractivity contribution in [3.63, 3.8) is 0 Å². The number of pyridine rings is 1. The van der Waals surface area contributed by atoms with Gasteiger partial charge < -0.3 is 15.7 Å². The Hall–Kier alpha value is -4.28. The van der Waals surface area contributed by atoms with Crippen LogP contribution in [0.4, 0.5) is 5.82 Å². The van der Waals surface area contributed by atoms with Crippen molar-refractivity contribution in [3.8, 4) is 34.4 Å². The largest absolute Gasteiger partial charge is 0.382 e. The van der Waals surface area contributed by atoms with Gasteiger partial charge in [-0.25, -0.2) is 15.0 Å². The first-order chi connectivity index (χ1) is 15.9. The van der Waals surface area contributed by atoms with Crippen molar-refractivity contribution in [2.45, 2.75) is 12.0 Å². The van der Waals surface area contributed by atoms with Crippen LogP contribution in [0.3, 0.4) is 0 Å². The Morgan fingerprint density at radius 3 is 2.61 bits per heavy atom. The van der Waals surface area contributed by atoms with Crippen LogP contribution in [-0.4, -0.2) is 50.1 Å². The van der Waals surface area contributed by atoms with Gasteiger partial charge in [-0.3, -0.25) is 4.79 Å². The Kier molecular flexibility index (Phi) is 5.00. The predicted molar refractivity (Wildman–Crippen MR) is 127 cm³/mol. The molecule has 0 unspecified atom stereocenters. The number of carbonyl (C=O) groups is 1. The first-order valence-corrected chi connectivity index (χ1v) is 10.5. The van der Waals surface area contributed by atoms with Crippen molar-refractivity contribution in [2.75, 3.05) is 19.3 Å². The third-order valence-electron chi connectivity index (χ3n) is 5.78. The van der Waals surface area contributed by atoms with E-state index in [1.54, 1.807) is 19.4 Å². The van der Waals surface area contributed by atoms with E-state index in [-0.39, 0.29) is 5.91 Å². The molecule has 0 spiro atoms. The molecule has 0 radical (unpaired) electrons. The Labute approximate surface area is 190 Å². The van der Waals surface area contributed by atoms with E-state index in [0.717, 1.165) is 22.1 Å². The Morgan fingerprint density at radius 1 is 1.06 bits per heavy atom. The van der Waals surface area contributed by atoms with E-state index in [9.17, 15) is 9.90 Å². The van der Waals surface area contributed by atoms with E-state index in [4.69, 9.17) is 5.73 Å². The number of aromatic nitrogens is 3. The van der Waals surface area contributed by atoms with E-state index in [2.05, 4.69) is 26.8 Å². The molecule has 0 saturated carbocycles. The van der Waals surface area contributed by atoms with Crippen molar-refractivity contribution in [2.24, 2.45) is 0 Å². The smallest absolute Gasteiger partial charge is 0.267 e. The quantitative estimate of drug-likeness (QED) is 0.469. The van der Waals surface area contributed by atoms with Gasteiger partial charge in [-0.05, 0) is 17.7 Å². The van der Waals surface area contributed by atoms with E-state index >= 15 is 0 Å². The average Bonchev–Trinajstić information content (AvgIpc) is 3.11. The summed E-state index contributed by atoms with van der Waals surface area (Å²) in [5.74, 6) is 6.11. The lowest BCUT2D eigenvalue weighted by Gasteiger charge is -2.13. The lowest BCUT2D eigenvalue weighted by molar-refractivity contribution is -0.137. The van der Waals surface area contributed by atoms with Gasteiger partial charge in [0, 0.05) is 54.5 Å². The summed E-state index contributed by atoms with van der Waals surface area (Å²) in [6.45, 7) is 0.482. The van der Waals surface area contributed by atoms with Crippen LogP contribution in [0.5, 0.6) is 0 Å². The van der Waals surface area contributed by atoms with Crippen molar-refractivity contribution >= 4 is 22.6 Å². The molecule has 3 heterocycles. The topological polar surface area (TPSA) is 105 Å². The zero-order chi connectivity index (χ0) is 23.0. The predicted octanol–water partition coefficient (Wildman–Crippen LogP) is 2.89. The number of rotatable bonds is 2. The van der Waals surface area contributed by atoms with Gasteiger partial charge in [0.15, 0.2) is 5.82 Å². The zero-order valence-corrected chi connectivity index (χ0v) is 18.0. The number of hydrogen-bond donors (Lipinski definition) is 2. The van der Waals surface area contributed by atoms with Crippen molar-refractivity contribution < 1.29 is 9.90 Å². The molecular formula is C26H21N5O2. The standard InChI is InChI=1S/C26H21N5O2/c1-31-13-12-26(33,25(31)32)11-10-17-6-5-9-19(14-17)24-29-16-21-20(18-7-3-2-4-8-18)15-28-23(27)22(21)30-24/h2-9,14-16,33H,12-13H2,1H3,(H2,27,28)/t26-/m0/s1. The minimum Gasteiger partial charge on any atom is -0.382 e. The van der Waals surface area contributed by atoms with Gasteiger partial charge in [0.05, 0.1) is 0 Å². The molecule has 2 aromatic heterocycles. The summed E-state index contributed by atoms with van der Waals surface area (Å²) >= 11 is 0. The van der Waals surface area contributed by atoms with Crippen LogP contribution < -0.4 is 5.73 Å². The molecule has 1 atom stereocenters. The van der Waals surface area contributed by atoms with Gasteiger partial charge in [0.25, 0.3) is 5.91 Å². The average molecular weight is 435 g/mol. The summed E-state index contributed by atoms with van der Waals surface area (Å²) in [5, 5.41) is 11.4. The summed E-state index contributed by atoms with van der Waals surface area (Å²) in [7, 11) is 1.66. The van der Waals surface area contributed by atoms with E-state index in [0.29, 0.717) is 35.7 Å². The van der Waals surface area contributed by atoms with Crippen LogP contribution in [0.1, 0.15) is 12.0 Å². The highest BCUT2D eigenvalue weighted by atomic mass is 16.3. The summed E-state index contributed by atoms with van der Waals surface area (Å²) in [6.07, 6.45) is 3.78. The highest BCUT2D eigenvalue weighted by molar-refractivity contribution is 5.99. The lowest BCUT2D eigenvalue weighted by Crippen LogP contribution is -2.37. The molecule has 1 saturated heterocycles. The molecule has 4 aromatic rings. The molecule has 0 bridgehead atoms. The summed E-state index contributed by atoms with van der Waals surface area (Å²) in [4.78, 5) is 27.2. The van der Waals surface area contributed by atoms with Gasteiger partial charge in [-0.15, -0.1) is 0 Å². The fourth-order valence-electron chi connectivity index (χ4n) is 3.91. The number of likely N-dealkylation sites (tertiary alicyclic amines) is 1. The maximum absolute atomic E-state index is 12.2. The van der Waals surface area contributed by atoms with Crippen LogP contribution in [0, 0.1) is 11.8 Å². The molecule has 1 aliphatic rings. The number of hydrogen-bond acceptors (Lipinski definition) is 6. The molecule has 7 nitrogen and oxygen atoms in total. The van der Waals surface area contributed by atoms with Gasteiger partial charge in [0.1, 0.15) is 11.3 Å². The molecule has 1 aliphatic heterocycles. The van der Waals surface area contributed by atoms with Crippen molar-refractivity contribution in [1.29, 1.82) is 0 Å². The minimum absolute atomic E-state index is 0.291. The fourth-order valence-corrected chi connectivity index (χ4v) is 3.91. The van der Waals surface area contributed by atoms with Crippen molar-refractivity contribution in [1.82, 2.24) is 19.9 Å². The maximum Gasteiger partial charge on any atom is 0.267 e. The molecule has 7 heteroatoms. The number of nitrogen functional groups attached to an aromatic ring is 1. The Balaban J connectivity index is 1.53. The van der Waals surface area contributed by atoms with E-state index < -0.39 is 5.60 Å². The number of amides is 1. The molecule has 0 aliphatic carbocycles. The molecule has 2 aromatic carbocycles. The van der Waals surface area contributed by atoms with Crippen LogP contribution in [-0.2, 0) is 4.79 Å². The number of aliphatic hydroxyl groups is 1. The van der Waals surface area contributed by atoms with Gasteiger partial charge >= 0.3 is 0 Å². The van der Waals surface area contributed by atoms with Crippen molar-refractivity contribution in [3.05, 3.63) is 72.6 Å². The second-order valence-electron chi connectivity index (χ2n) is 8.05. The molecule has 162 valence electrons. The third-order valence-corrected chi connectivity index (χ3v) is 5.78. The summed E-state index contributed by atoms with van der Waals surface area (Å²) in [6, 6.07) is 17.2. The van der Waals surface area contributed by atoms with E-state index in [1.165, 1.54) is 4.90 Å². The van der Waals surface area contributed by atoms with Crippen LogP contribution in [0.2, 0.25) is 0 Å². The van der Waals surface area contributed by atoms with Crippen LogP contribution in [0.25, 0.3) is 33.4 Å². The lowest BCUT2D eigenvalue weighted by atomic mass is 10.0. The molecular weight excluding hydrogens is 414 g/mol. The van der Waals surface area contributed by atoms with Crippen LogP contribution in [0.15, 0.2) is 67.0 Å². The number of carbonyl (C=O) groups excluding carboxylic acids is 1. The Morgan fingerprint density at radius 2 is 1.85 bits per heavy atom. The normalized spacial score (nSPS) is 17.8. The number of nitrogens with zero attached hydrogens (tertiary/aromatic N) is 4. The van der Waals surface area contributed by atoms with Crippen LogP contribution >= 0.6 is 0 Å². The van der Waals surface area contributed by atoms with Gasteiger partial charge in [-0.2, -0.15) is 0 Å². The molecule has 3 N–H and O–H groups in total. The highest BCUT2D eigenvalue weighted by Crippen LogP contribution is 2.30.